The zero-order valence-electron chi connectivity index (χ0n) is 11.2. The number of halogens is 1. The van der Waals surface area contributed by atoms with Crippen molar-refractivity contribution in [3.05, 3.63) is 61.7 Å². The van der Waals surface area contributed by atoms with Crippen LogP contribution in [0, 0.1) is 0 Å². The molecule has 0 spiro atoms. The van der Waals surface area contributed by atoms with Crippen LogP contribution in [-0.4, -0.2) is 9.55 Å². The highest BCUT2D eigenvalue weighted by atomic mass is 35.5. The van der Waals surface area contributed by atoms with Crippen LogP contribution in [0.1, 0.15) is 5.69 Å². The lowest BCUT2D eigenvalue weighted by Crippen LogP contribution is -2.14. The van der Waals surface area contributed by atoms with Crippen molar-refractivity contribution in [1.82, 2.24) is 9.55 Å². The highest BCUT2D eigenvalue weighted by Gasteiger charge is 2.12. The maximum Gasteiger partial charge on any atom is 0.420 e. The summed E-state index contributed by atoms with van der Waals surface area (Å²) in [6.07, 6.45) is 0. The number of benzene rings is 1. The summed E-state index contributed by atoms with van der Waals surface area (Å²) < 4.78 is 6.80. The monoisotopic (exact) mass is 348 g/mol. The molecule has 3 heterocycles. The lowest BCUT2D eigenvalue weighted by Gasteiger charge is -1.99. The molecule has 0 unspecified atom stereocenters. The summed E-state index contributed by atoms with van der Waals surface area (Å²) >= 11 is 9.13. The summed E-state index contributed by atoms with van der Waals surface area (Å²) in [6.45, 7) is 0.383. The van der Waals surface area contributed by atoms with Crippen molar-refractivity contribution in [3.8, 4) is 10.6 Å². The summed E-state index contributed by atoms with van der Waals surface area (Å²) in [4.78, 5) is 16.6. The largest absolute Gasteiger partial charge is 0.420 e. The van der Waals surface area contributed by atoms with E-state index in [-0.39, 0.29) is 0 Å². The van der Waals surface area contributed by atoms with Gasteiger partial charge in [-0.05, 0) is 23.6 Å². The zero-order chi connectivity index (χ0) is 15.1. The van der Waals surface area contributed by atoms with Crippen LogP contribution in [0.3, 0.4) is 0 Å². The third-order valence-corrected chi connectivity index (χ3v) is 5.13. The van der Waals surface area contributed by atoms with E-state index >= 15 is 0 Å². The molecule has 0 aliphatic heterocycles. The maximum atomic E-state index is 12.0. The van der Waals surface area contributed by atoms with Crippen molar-refractivity contribution in [2.24, 2.45) is 0 Å². The van der Waals surface area contributed by atoms with Crippen molar-refractivity contribution in [3.63, 3.8) is 0 Å². The van der Waals surface area contributed by atoms with Gasteiger partial charge >= 0.3 is 5.76 Å². The van der Waals surface area contributed by atoms with E-state index in [9.17, 15) is 4.79 Å². The van der Waals surface area contributed by atoms with E-state index < -0.39 is 5.76 Å². The molecule has 22 heavy (non-hydrogen) atoms. The second-order valence-corrected chi connectivity index (χ2v) is 6.80. The number of thiazole rings is 1. The minimum atomic E-state index is -0.401. The van der Waals surface area contributed by atoms with E-state index in [0.29, 0.717) is 17.2 Å². The van der Waals surface area contributed by atoms with Gasteiger partial charge in [0.2, 0.25) is 0 Å². The van der Waals surface area contributed by atoms with Crippen LogP contribution in [0.4, 0.5) is 0 Å². The Labute approximate surface area is 138 Å². The molecule has 0 atom stereocenters. The van der Waals surface area contributed by atoms with Gasteiger partial charge in [0.15, 0.2) is 5.58 Å². The molecule has 0 bridgehead atoms. The first-order valence-electron chi connectivity index (χ1n) is 6.46. The number of hydrogen-bond donors (Lipinski definition) is 0. The smallest absolute Gasteiger partial charge is 0.408 e. The molecule has 0 aliphatic rings. The Morgan fingerprint density at radius 3 is 3.00 bits per heavy atom. The average Bonchev–Trinajstić information content (AvgIpc) is 3.20. The van der Waals surface area contributed by atoms with Crippen LogP contribution >= 0.6 is 34.3 Å². The van der Waals surface area contributed by atoms with E-state index in [2.05, 4.69) is 10.4 Å². The molecule has 0 amide bonds. The second-order valence-electron chi connectivity index (χ2n) is 4.72. The lowest BCUT2D eigenvalue weighted by atomic mass is 10.3. The lowest BCUT2D eigenvalue weighted by molar-refractivity contribution is 0.516. The van der Waals surface area contributed by atoms with E-state index in [1.165, 1.54) is 0 Å². The molecule has 0 radical (unpaired) electrons. The Balaban J connectivity index is 1.72. The molecule has 7 heteroatoms. The SMILES string of the molecule is O=c1oc2cc(Cl)ccc2n1Cc1csc(-c2ccsc2)n1. The number of oxazole rings is 1. The predicted octanol–water partition coefficient (Wildman–Crippen LogP) is 4.48. The predicted molar refractivity (Wildman–Crippen MR) is 90.0 cm³/mol. The quantitative estimate of drug-likeness (QED) is 0.548. The Morgan fingerprint density at radius 1 is 1.27 bits per heavy atom. The van der Waals surface area contributed by atoms with Crippen LogP contribution in [0.15, 0.2) is 49.6 Å². The summed E-state index contributed by atoms with van der Waals surface area (Å²) in [6, 6.07) is 7.21. The number of fused-ring (bicyclic) bond motifs is 1. The molecule has 0 N–H and O–H groups in total. The van der Waals surface area contributed by atoms with E-state index in [4.69, 9.17) is 16.0 Å². The summed E-state index contributed by atoms with van der Waals surface area (Å²) in [5.41, 5.74) is 3.16. The Bertz CT molecular complexity index is 998. The molecule has 0 aliphatic carbocycles. The second kappa shape index (κ2) is 5.39. The number of thiophene rings is 1. The maximum absolute atomic E-state index is 12.0. The first-order chi connectivity index (χ1) is 10.7. The van der Waals surface area contributed by atoms with Crippen molar-refractivity contribution in [2.45, 2.75) is 6.54 Å². The van der Waals surface area contributed by atoms with Crippen LogP contribution < -0.4 is 5.76 Å². The normalized spacial score (nSPS) is 11.3. The number of hydrogen-bond acceptors (Lipinski definition) is 5. The van der Waals surface area contributed by atoms with Crippen molar-refractivity contribution in [2.75, 3.05) is 0 Å². The van der Waals surface area contributed by atoms with Gasteiger partial charge in [-0.3, -0.25) is 4.57 Å². The first-order valence-corrected chi connectivity index (χ1v) is 8.66. The molecule has 4 nitrogen and oxygen atoms in total. The van der Waals surface area contributed by atoms with Crippen molar-refractivity contribution >= 4 is 45.4 Å². The first kappa shape index (κ1) is 13.8. The van der Waals surface area contributed by atoms with Crippen molar-refractivity contribution < 1.29 is 4.42 Å². The van der Waals surface area contributed by atoms with Gasteiger partial charge in [-0.25, -0.2) is 9.78 Å². The van der Waals surface area contributed by atoms with Gasteiger partial charge in [0, 0.05) is 27.4 Å². The van der Waals surface area contributed by atoms with E-state index in [0.717, 1.165) is 21.8 Å². The van der Waals surface area contributed by atoms with Gasteiger partial charge in [0.25, 0.3) is 0 Å². The van der Waals surface area contributed by atoms with Crippen LogP contribution in [0.5, 0.6) is 0 Å². The topological polar surface area (TPSA) is 48.0 Å². The minimum absolute atomic E-state index is 0.383. The molecule has 0 saturated heterocycles. The van der Waals surface area contributed by atoms with Gasteiger partial charge in [-0.1, -0.05) is 11.6 Å². The van der Waals surface area contributed by atoms with Crippen molar-refractivity contribution in [1.29, 1.82) is 0 Å². The van der Waals surface area contributed by atoms with E-state index in [1.807, 2.05) is 16.8 Å². The highest BCUT2D eigenvalue weighted by Crippen LogP contribution is 2.26. The van der Waals surface area contributed by atoms with Gasteiger partial charge in [-0.15, -0.1) is 11.3 Å². The fourth-order valence-electron chi connectivity index (χ4n) is 2.25. The molecule has 1 aromatic carbocycles. The molecule has 3 aromatic heterocycles. The van der Waals surface area contributed by atoms with Gasteiger partial charge in [0.05, 0.1) is 17.8 Å². The molecular formula is C15H9ClN2O2S2. The Kier molecular flexibility index (Phi) is 3.37. The highest BCUT2D eigenvalue weighted by molar-refractivity contribution is 7.14. The molecule has 0 fully saturated rings. The summed E-state index contributed by atoms with van der Waals surface area (Å²) in [7, 11) is 0. The number of rotatable bonds is 3. The third kappa shape index (κ3) is 2.39. The number of aromatic nitrogens is 2. The molecule has 0 saturated carbocycles. The Morgan fingerprint density at radius 2 is 2.18 bits per heavy atom. The number of nitrogens with zero attached hydrogens (tertiary/aromatic N) is 2. The van der Waals surface area contributed by atoms with Crippen LogP contribution in [0.2, 0.25) is 5.02 Å². The van der Waals surface area contributed by atoms with Gasteiger partial charge in [0.1, 0.15) is 5.01 Å². The average molecular weight is 349 g/mol. The van der Waals surface area contributed by atoms with Gasteiger partial charge in [-0.2, -0.15) is 11.3 Å². The standard InChI is InChI=1S/C15H9ClN2O2S2/c16-10-1-2-12-13(5-10)20-15(19)18(12)6-11-8-22-14(17-11)9-3-4-21-7-9/h1-5,7-8H,6H2. The van der Waals surface area contributed by atoms with E-state index in [1.54, 1.807) is 45.4 Å². The van der Waals surface area contributed by atoms with Crippen LogP contribution in [-0.2, 0) is 6.54 Å². The van der Waals surface area contributed by atoms with Gasteiger partial charge < -0.3 is 4.42 Å². The molecule has 4 aromatic rings. The summed E-state index contributed by atoms with van der Waals surface area (Å²) in [5.74, 6) is -0.401. The summed E-state index contributed by atoms with van der Waals surface area (Å²) in [5, 5.41) is 7.55. The molecular weight excluding hydrogens is 340 g/mol. The molecule has 110 valence electrons. The van der Waals surface area contributed by atoms with Crippen LogP contribution in [0.25, 0.3) is 21.7 Å². The molecule has 4 rings (SSSR count). The minimum Gasteiger partial charge on any atom is -0.408 e. The Hall–Kier alpha value is -1.89. The zero-order valence-corrected chi connectivity index (χ0v) is 13.5. The fraction of sp³-hybridized carbons (Fsp3) is 0.0667. The fourth-order valence-corrected chi connectivity index (χ4v) is 3.94. The third-order valence-electron chi connectivity index (χ3n) is 3.27.